The number of ether oxygens (including phenoxy) is 1. The van der Waals surface area contributed by atoms with Gasteiger partial charge in [0.1, 0.15) is 0 Å². The maximum absolute atomic E-state index is 12.2. The molecule has 0 saturated carbocycles. The molecule has 1 N–H and O–H groups in total. The number of carbonyl (C=O) groups excluding carboxylic acids is 1. The Morgan fingerprint density at radius 3 is 2.65 bits per heavy atom. The second-order valence-electron chi connectivity index (χ2n) is 5.02. The highest BCUT2D eigenvalue weighted by Crippen LogP contribution is 2.21. The molecule has 1 aliphatic rings. The lowest BCUT2D eigenvalue weighted by Gasteiger charge is -2.26. The van der Waals surface area contributed by atoms with E-state index in [2.05, 4.69) is 4.72 Å². The zero-order valence-corrected chi connectivity index (χ0v) is 13.3. The molecule has 0 bridgehead atoms. The van der Waals surface area contributed by atoms with Crippen LogP contribution in [0.3, 0.4) is 0 Å². The Morgan fingerprint density at radius 2 is 2.04 bits per heavy atom. The fourth-order valence-corrected chi connectivity index (χ4v) is 3.11. The number of nitrogens with one attached hydrogen (secondary N) is 1. The van der Waals surface area contributed by atoms with Crippen molar-refractivity contribution < 1.29 is 22.9 Å². The highest BCUT2D eigenvalue weighted by molar-refractivity contribution is 7.89. The van der Waals surface area contributed by atoms with Crippen molar-refractivity contribution in [1.29, 1.82) is 0 Å². The van der Waals surface area contributed by atoms with E-state index in [1.165, 1.54) is 24.0 Å². The Balaban J connectivity index is 2.08. The molecule has 0 spiro atoms. The van der Waals surface area contributed by atoms with E-state index < -0.39 is 21.5 Å². The van der Waals surface area contributed by atoms with Crippen LogP contribution in [-0.4, -0.2) is 57.0 Å². The molecule has 0 aliphatic carbocycles. The molecule has 1 aromatic rings. The number of nitrogens with zero attached hydrogens (tertiary/aromatic N) is 2. The maximum Gasteiger partial charge on any atom is 0.273 e. The number of amides is 1. The standard InChI is InChI=1S/C13H17N3O6S/c1-10-2-3-11(8-12(10)16(18)19)23(20,21)14-9-13(17)15-4-6-22-7-5-15/h2-3,8,14H,4-7,9H2,1H3. The first-order valence-electron chi connectivity index (χ1n) is 6.91. The normalized spacial score (nSPS) is 15.4. The number of nitro benzene ring substituents is 1. The fraction of sp³-hybridized carbons (Fsp3) is 0.462. The van der Waals surface area contributed by atoms with Gasteiger partial charge in [0.25, 0.3) is 5.69 Å². The lowest BCUT2D eigenvalue weighted by Crippen LogP contribution is -2.45. The van der Waals surface area contributed by atoms with Gasteiger partial charge in [0.2, 0.25) is 15.9 Å². The van der Waals surface area contributed by atoms with Gasteiger partial charge in [0.05, 0.1) is 29.6 Å². The number of morpholine rings is 1. The molecule has 1 fully saturated rings. The molecular formula is C13H17N3O6S. The quantitative estimate of drug-likeness (QED) is 0.595. The van der Waals surface area contributed by atoms with Crippen molar-refractivity contribution in [2.45, 2.75) is 11.8 Å². The van der Waals surface area contributed by atoms with Crippen molar-refractivity contribution in [3.63, 3.8) is 0 Å². The average Bonchev–Trinajstić information content (AvgIpc) is 2.53. The van der Waals surface area contributed by atoms with Gasteiger partial charge in [-0.1, -0.05) is 6.07 Å². The number of rotatable bonds is 5. The number of nitro groups is 1. The molecule has 1 saturated heterocycles. The van der Waals surface area contributed by atoms with Crippen LogP contribution < -0.4 is 4.72 Å². The van der Waals surface area contributed by atoms with Crippen molar-refractivity contribution in [3.05, 3.63) is 33.9 Å². The van der Waals surface area contributed by atoms with Crippen LogP contribution >= 0.6 is 0 Å². The SMILES string of the molecule is Cc1ccc(S(=O)(=O)NCC(=O)N2CCOCC2)cc1[N+](=O)[O-]. The Hall–Kier alpha value is -2.04. The molecule has 1 heterocycles. The molecule has 1 amide bonds. The van der Waals surface area contributed by atoms with Gasteiger partial charge in [-0.05, 0) is 13.0 Å². The Labute approximate surface area is 133 Å². The van der Waals surface area contributed by atoms with E-state index in [1.807, 2.05) is 0 Å². The summed E-state index contributed by atoms with van der Waals surface area (Å²) in [6.45, 7) is 2.78. The third-order valence-corrected chi connectivity index (χ3v) is 4.86. The van der Waals surface area contributed by atoms with Gasteiger partial charge >= 0.3 is 0 Å². The van der Waals surface area contributed by atoms with E-state index in [0.29, 0.717) is 31.9 Å². The first kappa shape index (κ1) is 17.3. The Kier molecular flexibility index (Phi) is 5.29. The fourth-order valence-electron chi connectivity index (χ4n) is 2.12. The van der Waals surface area contributed by atoms with E-state index in [1.54, 1.807) is 0 Å². The van der Waals surface area contributed by atoms with Crippen molar-refractivity contribution in [3.8, 4) is 0 Å². The summed E-state index contributed by atoms with van der Waals surface area (Å²) in [6, 6.07) is 3.61. The second-order valence-corrected chi connectivity index (χ2v) is 6.79. The number of sulfonamides is 1. The monoisotopic (exact) mass is 343 g/mol. The Bertz CT molecular complexity index is 712. The number of carbonyl (C=O) groups is 1. The van der Waals surface area contributed by atoms with Gasteiger partial charge in [-0.3, -0.25) is 14.9 Å². The molecule has 1 aromatic carbocycles. The molecule has 0 atom stereocenters. The first-order chi connectivity index (χ1) is 10.8. The predicted octanol–water partition coefficient (Wildman–Crippen LogP) is 0.0403. The van der Waals surface area contributed by atoms with Crippen molar-refractivity contribution >= 4 is 21.6 Å². The van der Waals surface area contributed by atoms with Crippen LogP contribution in [0, 0.1) is 17.0 Å². The number of benzene rings is 1. The van der Waals surface area contributed by atoms with Crippen LogP contribution in [0.15, 0.2) is 23.1 Å². The van der Waals surface area contributed by atoms with E-state index >= 15 is 0 Å². The molecule has 126 valence electrons. The second kappa shape index (κ2) is 7.02. The molecule has 0 unspecified atom stereocenters. The third kappa shape index (κ3) is 4.24. The molecule has 2 rings (SSSR count). The first-order valence-corrected chi connectivity index (χ1v) is 8.40. The number of aryl methyl sites for hydroxylation is 1. The van der Waals surface area contributed by atoms with E-state index in [0.717, 1.165) is 6.07 Å². The lowest BCUT2D eigenvalue weighted by atomic mass is 10.2. The summed E-state index contributed by atoms with van der Waals surface area (Å²) >= 11 is 0. The van der Waals surface area contributed by atoms with Crippen molar-refractivity contribution in [2.75, 3.05) is 32.8 Å². The third-order valence-electron chi connectivity index (χ3n) is 3.46. The zero-order valence-electron chi connectivity index (χ0n) is 12.5. The van der Waals surface area contributed by atoms with Gasteiger partial charge < -0.3 is 9.64 Å². The summed E-state index contributed by atoms with van der Waals surface area (Å²) < 4.78 is 31.6. The Morgan fingerprint density at radius 1 is 1.39 bits per heavy atom. The largest absolute Gasteiger partial charge is 0.378 e. The number of hydrogen-bond acceptors (Lipinski definition) is 6. The van der Waals surface area contributed by atoms with Gasteiger partial charge in [-0.15, -0.1) is 0 Å². The molecular weight excluding hydrogens is 326 g/mol. The summed E-state index contributed by atoms with van der Waals surface area (Å²) in [5, 5.41) is 10.9. The average molecular weight is 343 g/mol. The van der Waals surface area contributed by atoms with Gasteiger partial charge in [0.15, 0.2) is 0 Å². The van der Waals surface area contributed by atoms with Gasteiger partial charge in [-0.2, -0.15) is 0 Å². The minimum absolute atomic E-state index is 0.246. The van der Waals surface area contributed by atoms with E-state index in [4.69, 9.17) is 4.74 Å². The number of hydrogen-bond donors (Lipinski definition) is 1. The van der Waals surface area contributed by atoms with Crippen LogP contribution in [0.4, 0.5) is 5.69 Å². The van der Waals surface area contributed by atoms with Crippen molar-refractivity contribution in [1.82, 2.24) is 9.62 Å². The summed E-state index contributed by atoms with van der Waals surface area (Å²) in [4.78, 5) is 23.4. The maximum atomic E-state index is 12.2. The minimum atomic E-state index is -4.00. The zero-order chi connectivity index (χ0) is 17.0. The lowest BCUT2D eigenvalue weighted by molar-refractivity contribution is -0.385. The molecule has 0 radical (unpaired) electrons. The molecule has 10 heteroatoms. The van der Waals surface area contributed by atoms with Crippen molar-refractivity contribution in [2.24, 2.45) is 0 Å². The van der Waals surface area contributed by atoms with Gasteiger partial charge in [-0.25, -0.2) is 13.1 Å². The highest BCUT2D eigenvalue weighted by atomic mass is 32.2. The predicted molar refractivity (Wildman–Crippen MR) is 80.4 cm³/mol. The molecule has 0 aromatic heterocycles. The van der Waals surface area contributed by atoms with Gasteiger partial charge in [0, 0.05) is 24.7 Å². The summed E-state index contributed by atoms with van der Waals surface area (Å²) in [7, 11) is -4.00. The molecule has 23 heavy (non-hydrogen) atoms. The smallest absolute Gasteiger partial charge is 0.273 e. The highest BCUT2D eigenvalue weighted by Gasteiger charge is 2.22. The molecule has 1 aliphatic heterocycles. The summed E-state index contributed by atoms with van der Waals surface area (Å²) in [5.41, 5.74) is 0.0747. The summed E-state index contributed by atoms with van der Waals surface area (Å²) in [6.07, 6.45) is 0. The summed E-state index contributed by atoms with van der Waals surface area (Å²) in [5.74, 6) is -0.363. The minimum Gasteiger partial charge on any atom is -0.378 e. The van der Waals surface area contributed by atoms with Crippen LogP contribution in [0.1, 0.15) is 5.56 Å². The topological polar surface area (TPSA) is 119 Å². The van der Waals surface area contributed by atoms with E-state index in [-0.39, 0.29) is 16.5 Å². The van der Waals surface area contributed by atoms with Crippen LogP contribution in [0.5, 0.6) is 0 Å². The van der Waals surface area contributed by atoms with Crippen LogP contribution in [-0.2, 0) is 19.6 Å². The van der Waals surface area contributed by atoms with Crippen LogP contribution in [0.2, 0.25) is 0 Å². The van der Waals surface area contributed by atoms with Crippen LogP contribution in [0.25, 0.3) is 0 Å². The molecule has 9 nitrogen and oxygen atoms in total. The van der Waals surface area contributed by atoms with E-state index in [9.17, 15) is 23.3 Å².